The number of fused-ring (bicyclic) bond motifs is 1. The zero-order valence-corrected chi connectivity index (χ0v) is 16.6. The summed E-state index contributed by atoms with van der Waals surface area (Å²) in [6.07, 6.45) is 3.49. The second-order valence-electron chi connectivity index (χ2n) is 6.68. The van der Waals surface area contributed by atoms with Crippen molar-refractivity contribution in [1.82, 2.24) is 0 Å². The smallest absolute Gasteiger partial charge is 0.287 e. The van der Waals surface area contributed by atoms with Gasteiger partial charge in [0.15, 0.2) is 0 Å². The lowest BCUT2D eigenvalue weighted by Gasteiger charge is -2.30. The highest BCUT2D eigenvalue weighted by atomic mass is 35.5. The van der Waals surface area contributed by atoms with Crippen molar-refractivity contribution in [2.45, 2.75) is 19.3 Å². The number of piperidine rings is 1. The summed E-state index contributed by atoms with van der Waals surface area (Å²) < 4.78 is 0.409. The molecule has 0 atom stereocenters. The van der Waals surface area contributed by atoms with E-state index in [1.807, 2.05) is 24.3 Å². The van der Waals surface area contributed by atoms with E-state index in [-0.39, 0.29) is 21.5 Å². The van der Waals surface area contributed by atoms with Gasteiger partial charge in [-0.1, -0.05) is 35.9 Å². The summed E-state index contributed by atoms with van der Waals surface area (Å²) in [5, 5.41) is 15.0. The average molecular weight is 416 g/mol. The van der Waals surface area contributed by atoms with Gasteiger partial charge in [0, 0.05) is 24.5 Å². The standard InChI is InChI=1S/C20H18ClN3O3S/c21-17-13-7-6-10-16(24(26)27)18(13)28-19(17)20(25)22-14-8-2-3-9-15(14)23-11-4-1-5-12-23/h2-3,6-10H,1,4-5,11-12H2,(H,22,25). The second-order valence-corrected chi connectivity index (χ2v) is 8.07. The molecule has 2 heterocycles. The average Bonchev–Trinajstić information content (AvgIpc) is 3.06. The highest BCUT2D eigenvalue weighted by molar-refractivity contribution is 7.22. The Morgan fingerprint density at radius 2 is 1.86 bits per heavy atom. The number of carbonyl (C=O) groups excluding carboxylic acids is 1. The van der Waals surface area contributed by atoms with Crippen molar-refractivity contribution in [3.8, 4) is 0 Å². The van der Waals surface area contributed by atoms with Crippen LogP contribution in [0.4, 0.5) is 17.1 Å². The van der Waals surface area contributed by atoms with Crippen LogP contribution < -0.4 is 10.2 Å². The van der Waals surface area contributed by atoms with Crippen LogP contribution in [-0.4, -0.2) is 23.9 Å². The number of thiophene rings is 1. The number of nitro groups is 1. The van der Waals surface area contributed by atoms with Gasteiger partial charge in [-0.2, -0.15) is 0 Å². The fourth-order valence-electron chi connectivity index (χ4n) is 3.53. The maximum atomic E-state index is 12.9. The number of rotatable bonds is 4. The van der Waals surface area contributed by atoms with Crippen molar-refractivity contribution >= 4 is 56.0 Å². The monoisotopic (exact) mass is 415 g/mol. The lowest BCUT2D eigenvalue weighted by atomic mass is 10.1. The predicted octanol–water partition coefficient (Wildman–Crippen LogP) is 5.71. The molecule has 1 saturated heterocycles. The van der Waals surface area contributed by atoms with Crippen LogP contribution in [0.25, 0.3) is 10.1 Å². The summed E-state index contributed by atoms with van der Waals surface area (Å²) in [4.78, 5) is 26.3. The molecule has 0 saturated carbocycles. The summed E-state index contributed by atoms with van der Waals surface area (Å²) in [5.41, 5.74) is 1.66. The van der Waals surface area contributed by atoms with Crippen LogP contribution in [0.1, 0.15) is 28.9 Å². The van der Waals surface area contributed by atoms with Gasteiger partial charge in [0.25, 0.3) is 11.6 Å². The van der Waals surface area contributed by atoms with Crippen LogP contribution in [0.2, 0.25) is 5.02 Å². The molecular formula is C20H18ClN3O3S. The molecule has 0 spiro atoms. The molecule has 0 radical (unpaired) electrons. The number of nitrogens with one attached hydrogen (secondary N) is 1. The van der Waals surface area contributed by atoms with Gasteiger partial charge < -0.3 is 10.2 Å². The molecule has 1 amide bonds. The topological polar surface area (TPSA) is 75.5 Å². The number of nitrogens with zero attached hydrogens (tertiary/aromatic N) is 2. The minimum Gasteiger partial charge on any atom is -0.370 e. The third-order valence-electron chi connectivity index (χ3n) is 4.89. The van der Waals surface area contributed by atoms with Crippen LogP contribution in [0, 0.1) is 10.1 Å². The van der Waals surface area contributed by atoms with Crippen molar-refractivity contribution in [2.75, 3.05) is 23.3 Å². The van der Waals surface area contributed by atoms with E-state index in [1.165, 1.54) is 12.5 Å². The molecule has 28 heavy (non-hydrogen) atoms. The molecule has 3 aromatic rings. The fourth-order valence-corrected chi connectivity index (χ4v) is 5.02. The maximum absolute atomic E-state index is 12.9. The van der Waals surface area contributed by atoms with Gasteiger partial charge in [0.05, 0.1) is 21.3 Å². The number of non-ortho nitro benzene ring substituents is 1. The summed E-state index contributed by atoms with van der Waals surface area (Å²) in [7, 11) is 0. The van der Waals surface area contributed by atoms with Gasteiger partial charge in [-0.05, 0) is 31.4 Å². The Kier molecular flexibility index (Phi) is 5.19. The Morgan fingerprint density at radius 3 is 2.61 bits per heavy atom. The largest absolute Gasteiger partial charge is 0.370 e. The van der Waals surface area contributed by atoms with E-state index in [4.69, 9.17) is 11.6 Å². The Balaban J connectivity index is 1.67. The summed E-state index contributed by atoms with van der Waals surface area (Å²) in [5.74, 6) is -0.357. The second kappa shape index (κ2) is 7.77. The first-order valence-corrected chi connectivity index (χ1v) is 10.3. The molecule has 2 aromatic carbocycles. The van der Waals surface area contributed by atoms with Crippen LogP contribution in [0.5, 0.6) is 0 Å². The molecule has 1 aromatic heterocycles. The Bertz CT molecular complexity index is 1060. The fraction of sp³-hybridized carbons (Fsp3) is 0.250. The molecule has 6 nitrogen and oxygen atoms in total. The zero-order valence-electron chi connectivity index (χ0n) is 15.0. The number of nitro benzene ring substituents is 1. The van der Waals surface area contributed by atoms with Gasteiger partial charge in [-0.25, -0.2) is 0 Å². The molecular weight excluding hydrogens is 398 g/mol. The van der Waals surface area contributed by atoms with E-state index in [0.717, 1.165) is 48.6 Å². The Labute approximate surface area is 170 Å². The van der Waals surface area contributed by atoms with Gasteiger partial charge >= 0.3 is 0 Å². The number of amides is 1. The predicted molar refractivity (Wildman–Crippen MR) is 114 cm³/mol. The minimum atomic E-state index is -0.456. The number of anilines is 2. The lowest BCUT2D eigenvalue weighted by molar-refractivity contribution is -0.382. The minimum absolute atomic E-state index is 0.0443. The molecule has 1 aliphatic heterocycles. The molecule has 0 bridgehead atoms. The van der Waals surface area contributed by atoms with E-state index in [0.29, 0.717) is 10.1 Å². The van der Waals surface area contributed by atoms with Gasteiger partial charge in [-0.15, -0.1) is 11.3 Å². The van der Waals surface area contributed by atoms with Crippen molar-refractivity contribution < 1.29 is 9.72 Å². The lowest BCUT2D eigenvalue weighted by Crippen LogP contribution is -2.30. The van der Waals surface area contributed by atoms with Crippen LogP contribution in [-0.2, 0) is 0 Å². The number of halogens is 1. The van der Waals surface area contributed by atoms with Crippen molar-refractivity contribution in [3.63, 3.8) is 0 Å². The van der Waals surface area contributed by atoms with E-state index >= 15 is 0 Å². The van der Waals surface area contributed by atoms with Crippen molar-refractivity contribution in [2.24, 2.45) is 0 Å². The molecule has 4 rings (SSSR count). The summed E-state index contributed by atoms with van der Waals surface area (Å²) in [6.45, 7) is 1.92. The maximum Gasteiger partial charge on any atom is 0.287 e. The number of para-hydroxylation sites is 2. The molecule has 1 fully saturated rings. The van der Waals surface area contributed by atoms with E-state index in [9.17, 15) is 14.9 Å². The number of hydrogen-bond acceptors (Lipinski definition) is 5. The summed E-state index contributed by atoms with van der Waals surface area (Å²) >= 11 is 7.45. The van der Waals surface area contributed by atoms with E-state index < -0.39 is 4.92 Å². The summed E-state index contributed by atoms with van der Waals surface area (Å²) in [6, 6.07) is 12.4. The van der Waals surface area contributed by atoms with Gasteiger partial charge in [0.1, 0.15) is 9.58 Å². The molecule has 1 N–H and O–H groups in total. The number of benzene rings is 2. The molecule has 0 unspecified atom stereocenters. The number of hydrogen-bond donors (Lipinski definition) is 1. The first kappa shape index (κ1) is 18.7. The Morgan fingerprint density at radius 1 is 1.11 bits per heavy atom. The van der Waals surface area contributed by atoms with Crippen molar-refractivity contribution in [3.05, 3.63) is 62.5 Å². The highest BCUT2D eigenvalue weighted by Crippen LogP contribution is 2.40. The molecule has 144 valence electrons. The third kappa shape index (κ3) is 3.43. The highest BCUT2D eigenvalue weighted by Gasteiger charge is 2.24. The zero-order chi connectivity index (χ0) is 19.7. The number of carbonyl (C=O) groups is 1. The molecule has 1 aliphatic rings. The third-order valence-corrected chi connectivity index (χ3v) is 6.62. The normalized spacial score (nSPS) is 14.2. The van der Waals surface area contributed by atoms with Crippen LogP contribution in [0.15, 0.2) is 42.5 Å². The van der Waals surface area contributed by atoms with Crippen molar-refractivity contribution in [1.29, 1.82) is 0 Å². The van der Waals surface area contributed by atoms with E-state index in [1.54, 1.807) is 12.1 Å². The first-order chi connectivity index (χ1) is 13.6. The van der Waals surface area contributed by atoms with Crippen LogP contribution in [0.3, 0.4) is 0 Å². The van der Waals surface area contributed by atoms with Crippen LogP contribution >= 0.6 is 22.9 Å². The van der Waals surface area contributed by atoms with Gasteiger partial charge in [-0.3, -0.25) is 14.9 Å². The molecule has 0 aliphatic carbocycles. The Hall–Kier alpha value is -2.64. The van der Waals surface area contributed by atoms with Gasteiger partial charge in [0.2, 0.25) is 0 Å². The van der Waals surface area contributed by atoms with E-state index in [2.05, 4.69) is 10.2 Å². The SMILES string of the molecule is O=C(Nc1ccccc1N1CCCCC1)c1sc2c([N+](=O)[O-])cccc2c1Cl. The molecule has 8 heteroatoms. The quantitative estimate of drug-likeness (QED) is 0.437. The first-order valence-electron chi connectivity index (χ1n) is 9.07.